The second kappa shape index (κ2) is 7.90. The second-order valence-corrected chi connectivity index (χ2v) is 9.20. The van der Waals surface area contributed by atoms with Gasteiger partial charge in [0.25, 0.3) is 0 Å². The summed E-state index contributed by atoms with van der Waals surface area (Å²) in [4.78, 5) is 17.3. The van der Waals surface area contributed by atoms with Gasteiger partial charge >= 0.3 is 0 Å². The van der Waals surface area contributed by atoms with Crippen molar-refractivity contribution in [3.8, 4) is 16.6 Å². The Hall–Kier alpha value is -3.04. The third kappa shape index (κ3) is 3.53. The zero-order chi connectivity index (χ0) is 21.5. The van der Waals surface area contributed by atoms with Crippen LogP contribution in [-0.2, 0) is 4.79 Å². The maximum atomic E-state index is 12.5. The molecule has 1 aliphatic rings. The number of aryl methyl sites for hydroxylation is 1. The summed E-state index contributed by atoms with van der Waals surface area (Å²) in [5.74, 6) is 2.57. The molecule has 7 nitrogen and oxygen atoms in total. The molecule has 0 fully saturated rings. The Morgan fingerprint density at radius 1 is 1.10 bits per heavy atom. The number of nitrogens with one attached hydrogen (secondary N) is 1. The molecule has 1 N–H and O–H groups in total. The van der Waals surface area contributed by atoms with Crippen LogP contribution in [0, 0.1) is 6.92 Å². The lowest BCUT2D eigenvalue weighted by Gasteiger charge is -2.15. The summed E-state index contributed by atoms with van der Waals surface area (Å²) in [5, 5.41) is 8.50. The number of methoxy groups -OCH3 is 2. The van der Waals surface area contributed by atoms with E-state index in [1.165, 1.54) is 11.3 Å². The first-order valence-electron chi connectivity index (χ1n) is 9.67. The second-order valence-electron chi connectivity index (χ2n) is 7.10. The lowest BCUT2D eigenvalue weighted by atomic mass is 10.0. The average Bonchev–Trinajstić information content (AvgIpc) is 3.29. The zero-order valence-electron chi connectivity index (χ0n) is 17.2. The number of ether oxygens (including phenoxy) is 2. The molecule has 158 valence electrons. The normalized spacial score (nSPS) is 16.0. The van der Waals surface area contributed by atoms with Gasteiger partial charge < -0.3 is 14.8 Å². The molecule has 0 bridgehead atoms. The highest BCUT2D eigenvalue weighted by Crippen LogP contribution is 2.44. The van der Waals surface area contributed by atoms with E-state index in [0.717, 1.165) is 38.5 Å². The summed E-state index contributed by atoms with van der Waals surface area (Å²) in [6, 6.07) is 13.7. The molecule has 9 heteroatoms. The summed E-state index contributed by atoms with van der Waals surface area (Å²) in [6.45, 7) is 1.97. The number of nitrogens with zero attached hydrogens (tertiary/aromatic N) is 3. The predicted molar refractivity (Wildman–Crippen MR) is 124 cm³/mol. The first-order valence-corrected chi connectivity index (χ1v) is 11.5. The molecule has 4 aromatic rings. The quantitative estimate of drug-likeness (QED) is 0.488. The van der Waals surface area contributed by atoms with Crippen molar-refractivity contribution < 1.29 is 14.3 Å². The first-order chi connectivity index (χ1) is 15.1. The third-order valence-electron chi connectivity index (χ3n) is 5.19. The highest BCUT2D eigenvalue weighted by molar-refractivity contribution is 8.00. The number of amides is 1. The fourth-order valence-electron chi connectivity index (χ4n) is 3.67. The van der Waals surface area contributed by atoms with Gasteiger partial charge in [-0.05, 0) is 42.8 Å². The highest BCUT2D eigenvalue weighted by Gasteiger charge is 2.31. The van der Waals surface area contributed by atoms with Gasteiger partial charge in [-0.25, -0.2) is 4.98 Å². The van der Waals surface area contributed by atoms with Gasteiger partial charge in [-0.1, -0.05) is 23.5 Å². The van der Waals surface area contributed by atoms with Crippen molar-refractivity contribution in [3.05, 3.63) is 59.3 Å². The minimum Gasteiger partial charge on any atom is -0.497 e. The van der Waals surface area contributed by atoms with Crippen molar-refractivity contribution >= 4 is 45.0 Å². The Morgan fingerprint density at radius 3 is 2.58 bits per heavy atom. The molecule has 0 aliphatic carbocycles. The van der Waals surface area contributed by atoms with E-state index in [9.17, 15) is 4.79 Å². The summed E-state index contributed by atoms with van der Waals surface area (Å²) in [5.41, 5.74) is 3.82. The number of fused-ring (bicyclic) bond motifs is 2. The van der Waals surface area contributed by atoms with Gasteiger partial charge in [-0.3, -0.25) is 4.79 Å². The van der Waals surface area contributed by atoms with Crippen LogP contribution < -0.4 is 14.8 Å². The van der Waals surface area contributed by atoms with E-state index in [4.69, 9.17) is 19.6 Å². The molecule has 0 saturated carbocycles. The van der Waals surface area contributed by atoms with Crippen LogP contribution in [0.25, 0.3) is 15.3 Å². The predicted octanol–water partition coefficient (Wildman–Crippen LogP) is 4.58. The van der Waals surface area contributed by atoms with Crippen LogP contribution in [0.4, 0.5) is 5.82 Å². The van der Waals surface area contributed by atoms with Crippen molar-refractivity contribution in [2.24, 2.45) is 0 Å². The van der Waals surface area contributed by atoms with Gasteiger partial charge in [-0.2, -0.15) is 9.78 Å². The fraction of sp³-hybridized carbons (Fsp3) is 0.227. The fourth-order valence-corrected chi connectivity index (χ4v) is 5.82. The number of anilines is 1. The van der Waals surface area contributed by atoms with Crippen molar-refractivity contribution in [1.29, 1.82) is 0 Å². The highest BCUT2D eigenvalue weighted by atomic mass is 32.2. The number of carbonyl (C=O) groups excluding carboxylic acids is 1. The number of hydrogen-bond donors (Lipinski definition) is 1. The van der Waals surface area contributed by atoms with Gasteiger partial charge in [0.2, 0.25) is 11.0 Å². The molecule has 0 radical (unpaired) electrons. The maximum absolute atomic E-state index is 12.5. The van der Waals surface area contributed by atoms with Crippen LogP contribution in [0.2, 0.25) is 0 Å². The standard InChI is InChI=1S/C22H20N4O3S2/c1-12-19-20(13-4-6-14(28-2)7-5-13)30-11-18(27)24-21(19)26(25-12)22-23-16-9-8-15(29-3)10-17(16)31-22/h4-10,20H,11H2,1-3H3,(H,24,27)/t20-/m1/s1. The molecular weight excluding hydrogens is 432 g/mol. The van der Waals surface area contributed by atoms with Gasteiger partial charge in [-0.15, -0.1) is 11.8 Å². The van der Waals surface area contributed by atoms with Crippen molar-refractivity contribution in [2.45, 2.75) is 12.2 Å². The van der Waals surface area contributed by atoms with Crippen LogP contribution in [0.1, 0.15) is 22.1 Å². The van der Waals surface area contributed by atoms with Gasteiger partial charge in [0.15, 0.2) is 0 Å². The molecule has 1 atom stereocenters. The van der Waals surface area contributed by atoms with E-state index in [-0.39, 0.29) is 11.2 Å². The van der Waals surface area contributed by atoms with Crippen LogP contribution in [-0.4, -0.2) is 40.6 Å². The number of rotatable bonds is 4. The van der Waals surface area contributed by atoms with E-state index < -0.39 is 0 Å². The molecule has 5 rings (SSSR count). The number of carbonyl (C=O) groups is 1. The molecule has 1 amide bonds. The minimum absolute atomic E-state index is 0.0249. The third-order valence-corrected chi connectivity index (χ3v) is 7.46. The summed E-state index contributed by atoms with van der Waals surface area (Å²) in [7, 11) is 3.30. The molecule has 2 aromatic carbocycles. The maximum Gasteiger partial charge on any atom is 0.235 e. The Kier molecular flexibility index (Phi) is 5.07. The Morgan fingerprint density at radius 2 is 1.84 bits per heavy atom. The SMILES string of the molecule is COc1ccc([C@H]2SCC(=O)Nc3c2c(C)nn3-c2nc3ccc(OC)cc3s2)cc1. The van der Waals surface area contributed by atoms with E-state index in [1.807, 2.05) is 49.4 Å². The number of thioether (sulfide) groups is 1. The average molecular weight is 453 g/mol. The van der Waals surface area contributed by atoms with E-state index in [2.05, 4.69) is 5.32 Å². The lowest BCUT2D eigenvalue weighted by Crippen LogP contribution is -2.15. The minimum atomic E-state index is -0.0498. The number of hydrogen-bond acceptors (Lipinski definition) is 7. The molecule has 1 aliphatic heterocycles. The summed E-state index contributed by atoms with van der Waals surface area (Å²) in [6.07, 6.45) is 0. The zero-order valence-corrected chi connectivity index (χ0v) is 18.8. The smallest absolute Gasteiger partial charge is 0.235 e. The number of aromatic nitrogens is 3. The van der Waals surface area contributed by atoms with Crippen LogP contribution in [0.3, 0.4) is 0 Å². The van der Waals surface area contributed by atoms with Gasteiger partial charge in [0, 0.05) is 5.56 Å². The van der Waals surface area contributed by atoms with Crippen molar-refractivity contribution in [2.75, 3.05) is 25.3 Å². The van der Waals surface area contributed by atoms with Crippen LogP contribution in [0.5, 0.6) is 11.5 Å². The number of thiazole rings is 1. The summed E-state index contributed by atoms with van der Waals surface area (Å²) >= 11 is 3.11. The molecular formula is C22H20N4O3S2. The first kappa shape index (κ1) is 19.9. The monoisotopic (exact) mass is 452 g/mol. The Balaban J connectivity index is 1.64. The van der Waals surface area contributed by atoms with Gasteiger partial charge in [0.1, 0.15) is 17.3 Å². The van der Waals surface area contributed by atoms with Crippen molar-refractivity contribution in [1.82, 2.24) is 14.8 Å². The van der Waals surface area contributed by atoms with Crippen molar-refractivity contribution in [3.63, 3.8) is 0 Å². The molecule has 2 aromatic heterocycles. The Bertz CT molecular complexity index is 1280. The Labute approximate surface area is 187 Å². The topological polar surface area (TPSA) is 78.3 Å². The van der Waals surface area contributed by atoms with Gasteiger partial charge in [0.05, 0.1) is 41.1 Å². The van der Waals surface area contributed by atoms with E-state index >= 15 is 0 Å². The number of benzene rings is 2. The molecule has 0 spiro atoms. The molecule has 31 heavy (non-hydrogen) atoms. The molecule has 3 heterocycles. The summed E-state index contributed by atoms with van der Waals surface area (Å²) < 4.78 is 13.4. The lowest BCUT2D eigenvalue weighted by molar-refractivity contribution is -0.113. The van der Waals surface area contributed by atoms with Crippen LogP contribution >= 0.6 is 23.1 Å². The molecule has 0 saturated heterocycles. The largest absolute Gasteiger partial charge is 0.497 e. The van der Waals surface area contributed by atoms with Crippen LogP contribution in [0.15, 0.2) is 42.5 Å². The van der Waals surface area contributed by atoms with E-state index in [0.29, 0.717) is 16.7 Å². The molecule has 0 unspecified atom stereocenters. The van der Waals surface area contributed by atoms with E-state index in [1.54, 1.807) is 30.7 Å².